The Labute approximate surface area is 109 Å². The zero-order valence-electron chi connectivity index (χ0n) is 8.45. The summed E-state index contributed by atoms with van der Waals surface area (Å²) in [4.78, 5) is 0. The first-order chi connectivity index (χ1) is 7.57. The molecule has 86 valence electrons. The average molecular weight is 278 g/mol. The molecule has 7 fully saturated rings. The maximum absolute atomic E-state index is 6.32. The van der Waals surface area contributed by atoms with E-state index in [0.29, 0.717) is 17.9 Å². The van der Waals surface area contributed by atoms with Gasteiger partial charge in [0.1, 0.15) is 5.60 Å². The molecule has 0 N–H and O–H groups in total. The van der Waals surface area contributed by atoms with Crippen molar-refractivity contribution in [2.24, 2.45) is 47.3 Å². The molecular formula is C12H11Cl3O. The highest BCUT2D eigenvalue weighted by Crippen LogP contribution is 2.92. The molecule has 2 saturated heterocycles. The van der Waals surface area contributed by atoms with E-state index in [4.69, 9.17) is 39.5 Å². The van der Waals surface area contributed by atoms with Crippen molar-refractivity contribution >= 4 is 34.8 Å². The highest BCUT2D eigenvalue weighted by Gasteiger charge is 2.95. The Morgan fingerprint density at radius 1 is 0.938 bits per heavy atom. The van der Waals surface area contributed by atoms with Crippen molar-refractivity contribution in [1.29, 1.82) is 0 Å². The quantitative estimate of drug-likeness (QED) is 0.619. The van der Waals surface area contributed by atoms with Gasteiger partial charge in [0.2, 0.25) is 3.79 Å². The molecule has 4 bridgehead atoms. The minimum absolute atomic E-state index is 0.380. The number of rotatable bonds is 0. The molecule has 0 amide bonds. The molecule has 0 aromatic heterocycles. The SMILES string of the molecule is ClC(Cl)(Cl)[C@@]12O[C@@H]3[C@@H]4[C@@H]5[C@@H]6C[C@@H]([C@H]5[C@@H]41)[C@@H]2[C@@H]63. The van der Waals surface area contributed by atoms with E-state index in [1.807, 2.05) is 0 Å². The summed E-state index contributed by atoms with van der Waals surface area (Å²) in [7, 11) is 0. The molecule has 7 aliphatic rings. The van der Waals surface area contributed by atoms with Gasteiger partial charge in [0, 0.05) is 11.8 Å². The molecule has 10 atom stereocenters. The molecule has 0 spiro atoms. The number of hydrogen-bond donors (Lipinski definition) is 0. The van der Waals surface area contributed by atoms with Crippen LogP contribution in [0.1, 0.15) is 6.42 Å². The fraction of sp³-hybridized carbons (Fsp3) is 1.00. The fourth-order valence-corrected chi connectivity index (χ4v) is 8.35. The molecule has 0 aromatic rings. The summed E-state index contributed by atoms with van der Waals surface area (Å²) in [5, 5.41) is 0. The number of alkyl halides is 3. The third-order valence-corrected chi connectivity index (χ3v) is 8.03. The highest BCUT2D eigenvalue weighted by atomic mass is 35.6. The van der Waals surface area contributed by atoms with Gasteiger partial charge in [0.15, 0.2) is 0 Å². The molecule has 0 aromatic carbocycles. The number of ether oxygens (including phenoxy) is 1. The molecule has 2 aliphatic heterocycles. The molecule has 5 saturated carbocycles. The van der Waals surface area contributed by atoms with Gasteiger partial charge in [0.05, 0.1) is 6.10 Å². The summed E-state index contributed by atoms with van der Waals surface area (Å²) < 4.78 is 5.12. The molecule has 0 radical (unpaired) electrons. The molecule has 16 heavy (non-hydrogen) atoms. The molecule has 5 aliphatic carbocycles. The van der Waals surface area contributed by atoms with E-state index in [2.05, 4.69) is 0 Å². The average Bonchev–Trinajstić information content (AvgIpc) is 2.68. The second-order valence-corrected chi connectivity index (χ2v) is 9.08. The summed E-state index contributed by atoms with van der Waals surface area (Å²) in [6, 6.07) is 0. The summed E-state index contributed by atoms with van der Waals surface area (Å²) >= 11 is 18.9. The molecule has 2 heterocycles. The van der Waals surface area contributed by atoms with Gasteiger partial charge in [-0.15, -0.1) is 0 Å². The van der Waals surface area contributed by atoms with Gasteiger partial charge in [-0.05, 0) is 41.9 Å². The van der Waals surface area contributed by atoms with Gasteiger partial charge in [-0.1, -0.05) is 34.8 Å². The van der Waals surface area contributed by atoms with Crippen LogP contribution in [0.4, 0.5) is 0 Å². The van der Waals surface area contributed by atoms with Crippen molar-refractivity contribution in [2.45, 2.75) is 21.9 Å². The number of hydrogen-bond acceptors (Lipinski definition) is 1. The van der Waals surface area contributed by atoms with Gasteiger partial charge >= 0.3 is 0 Å². The lowest BCUT2D eigenvalue weighted by Gasteiger charge is -2.47. The first-order valence-corrected chi connectivity index (χ1v) is 7.45. The first-order valence-electron chi connectivity index (χ1n) is 6.32. The van der Waals surface area contributed by atoms with Crippen LogP contribution in [0.2, 0.25) is 0 Å². The smallest absolute Gasteiger partial charge is 0.219 e. The van der Waals surface area contributed by atoms with Crippen LogP contribution in [0.15, 0.2) is 0 Å². The zero-order valence-corrected chi connectivity index (χ0v) is 10.7. The van der Waals surface area contributed by atoms with E-state index < -0.39 is 3.79 Å². The normalized spacial score (nSPS) is 79.3. The first kappa shape index (κ1) is 8.85. The van der Waals surface area contributed by atoms with Crippen molar-refractivity contribution in [3.63, 3.8) is 0 Å². The summed E-state index contributed by atoms with van der Waals surface area (Å²) in [5.41, 5.74) is -0.380. The van der Waals surface area contributed by atoms with Crippen molar-refractivity contribution in [3.05, 3.63) is 0 Å². The van der Waals surface area contributed by atoms with Crippen molar-refractivity contribution in [3.8, 4) is 0 Å². The Kier molecular flexibility index (Phi) is 1.10. The van der Waals surface area contributed by atoms with Crippen molar-refractivity contribution in [1.82, 2.24) is 0 Å². The Balaban J connectivity index is 1.71. The second-order valence-electron chi connectivity index (χ2n) is 6.80. The van der Waals surface area contributed by atoms with E-state index in [1.165, 1.54) is 6.42 Å². The molecule has 1 nitrogen and oxygen atoms in total. The van der Waals surface area contributed by atoms with Crippen LogP contribution >= 0.6 is 34.8 Å². The monoisotopic (exact) mass is 276 g/mol. The Bertz CT molecular complexity index is 436. The topological polar surface area (TPSA) is 9.23 Å². The Morgan fingerprint density at radius 2 is 1.75 bits per heavy atom. The summed E-state index contributed by atoms with van der Waals surface area (Å²) in [6.07, 6.45) is 1.88. The predicted molar refractivity (Wildman–Crippen MR) is 60.4 cm³/mol. The van der Waals surface area contributed by atoms with Crippen molar-refractivity contribution in [2.75, 3.05) is 0 Å². The molecule has 4 heteroatoms. The summed E-state index contributed by atoms with van der Waals surface area (Å²) in [6.45, 7) is 0. The van der Waals surface area contributed by atoms with Gasteiger partial charge in [-0.2, -0.15) is 0 Å². The summed E-state index contributed by atoms with van der Waals surface area (Å²) in [5.74, 6) is 6.28. The van der Waals surface area contributed by atoms with Crippen LogP contribution in [-0.2, 0) is 4.74 Å². The maximum atomic E-state index is 6.32. The minimum Gasteiger partial charge on any atom is -0.366 e. The van der Waals surface area contributed by atoms with E-state index in [1.54, 1.807) is 0 Å². The molecular weight excluding hydrogens is 266 g/mol. The van der Waals surface area contributed by atoms with Gasteiger partial charge < -0.3 is 4.74 Å². The minimum atomic E-state index is -1.21. The van der Waals surface area contributed by atoms with Gasteiger partial charge in [-0.3, -0.25) is 0 Å². The largest absolute Gasteiger partial charge is 0.366 e. The van der Waals surface area contributed by atoms with E-state index in [9.17, 15) is 0 Å². The Morgan fingerprint density at radius 3 is 2.50 bits per heavy atom. The van der Waals surface area contributed by atoms with Gasteiger partial charge in [0.25, 0.3) is 0 Å². The van der Waals surface area contributed by atoms with E-state index in [0.717, 1.165) is 35.5 Å². The maximum Gasteiger partial charge on any atom is 0.219 e. The lowest BCUT2D eigenvalue weighted by Crippen LogP contribution is -2.54. The zero-order chi connectivity index (χ0) is 10.6. The van der Waals surface area contributed by atoms with Crippen LogP contribution in [-0.4, -0.2) is 15.5 Å². The fourth-order valence-electron chi connectivity index (χ4n) is 7.46. The standard InChI is InChI=1S/C12H11Cl3O/c13-12(14,15)11-8-3-1-2-4-5(3)9(11)7(4)10(16-11)6(2)8/h2-10H,1H2/t2-,3-,4+,5+,6+,7+,8+,9-,10-,11-/m0/s1. The van der Waals surface area contributed by atoms with Gasteiger partial charge in [-0.25, -0.2) is 0 Å². The lowest BCUT2D eigenvalue weighted by atomic mass is 9.57. The lowest BCUT2D eigenvalue weighted by molar-refractivity contribution is -0.0275. The van der Waals surface area contributed by atoms with E-state index >= 15 is 0 Å². The predicted octanol–water partition coefficient (Wildman–Crippen LogP) is 2.88. The third-order valence-electron chi connectivity index (χ3n) is 7.14. The second kappa shape index (κ2) is 1.99. The van der Waals surface area contributed by atoms with Crippen LogP contribution in [0.3, 0.4) is 0 Å². The van der Waals surface area contributed by atoms with Crippen molar-refractivity contribution < 1.29 is 4.74 Å². The molecule has 7 rings (SSSR count). The van der Waals surface area contributed by atoms with Crippen LogP contribution in [0.5, 0.6) is 0 Å². The van der Waals surface area contributed by atoms with Crippen LogP contribution in [0, 0.1) is 47.3 Å². The Hall–Kier alpha value is 0.830. The van der Waals surface area contributed by atoms with Crippen LogP contribution in [0.25, 0.3) is 0 Å². The highest BCUT2D eigenvalue weighted by molar-refractivity contribution is 6.68. The van der Waals surface area contributed by atoms with E-state index in [-0.39, 0.29) is 5.60 Å². The third kappa shape index (κ3) is 0.507. The molecule has 0 unspecified atom stereocenters. The van der Waals surface area contributed by atoms with Crippen LogP contribution < -0.4 is 0 Å². The number of halogens is 3.